The number of amides is 1. The lowest BCUT2D eigenvalue weighted by molar-refractivity contribution is -0.115. The van der Waals surface area contributed by atoms with Crippen LogP contribution in [0.15, 0.2) is 35.6 Å². The van der Waals surface area contributed by atoms with Crippen molar-refractivity contribution in [3.8, 4) is 0 Å². The Morgan fingerprint density at radius 2 is 2.09 bits per heavy atom. The summed E-state index contributed by atoms with van der Waals surface area (Å²) in [5.41, 5.74) is 0.929. The van der Waals surface area contributed by atoms with Crippen LogP contribution in [0, 0.1) is 0 Å². The zero-order valence-corrected chi connectivity index (χ0v) is 14.2. The standard InChI is InChI=1S/C15H16ClN3O3S/c1-3-22-14(21)12-8-17-15(19-12)23-9(2)13(20)18-11-6-4-10(16)5-7-11/h4-9H,3H2,1-2H3,(H,17,19)(H,18,20). The molecule has 1 aromatic carbocycles. The van der Waals surface area contributed by atoms with Crippen molar-refractivity contribution < 1.29 is 14.3 Å². The van der Waals surface area contributed by atoms with Gasteiger partial charge in [0.2, 0.25) is 5.91 Å². The molecule has 1 unspecified atom stereocenters. The number of carbonyl (C=O) groups is 2. The van der Waals surface area contributed by atoms with E-state index in [1.807, 2.05) is 0 Å². The molecule has 8 heteroatoms. The Balaban J connectivity index is 1.93. The summed E-state index contributed by atoms with van der Waals surface area (Å²) in [5, 5.41) is 3.47. The number of hydrogen-bond acceptors (Lipinski definition) is 5. The van der Waals surface area contributed by atoms with E-state index >= 15 is 0 Å². The number of rotatable bonds is 6. The van der Waals surface area contributed by atoms with Crippen LogP contribution in [-0.4, -0.2) is 33.7 Å². The number of halogens is 1. The highest BCUT2D eigenvalue weighted by Gasteiger charge is 2.18. The number of benzene rings is 1. The summed E-state index contributed by atoms with van der Waals surface area (Å²) in [5.74, 6) is -0.642. The molecule has 1 amide bonds. The minimum absolute atomic E-state index is 0.175. The predicted octanol–water partition coefficient (Wildman–Crippen LogP) is 3.36. The minimum atomic E-state index is -0.467. The van der Waals surface area contributed by atoms with Gasteiger partial charge in [0, 0.05) is 10.7 Å². The molecule has 0 aliphatic rings. The van der Waals surface area contributed by atoms with Gasteiger partial charge in [0.05, 0.1) is 18.1 Å². The molecular weight excluding hydrogens is 338 g/mol. The molecule has 0 fully saturated rings. The van der Waals surface area contributed by atoms with E-state index in [1.54, 1.807) is 38.1 Å². The third kappa shape index (κ3) is 5.01. The molecule has 23 heavy (non-hydrogen) atoms. The predicted molar refractivity (Wildman–Crippen MR) is 89.9 cm³/mol. The molecule has 2 rings (SSSR count). The Hall–Kier alpha value is -1.99. The highest BCUT2D eigenvalue weighted by Crippen LogP contribution is 2.22. The van der Waals surface area contributed by atoms with Crippen LogP contribution >= 0.6 is 23.4 Å². The SMILES string of the molecule is CCOC(=O)c1cnc(SC(C)C(=O)Nc2ccc(Cl)cc2)[nH]1. The molecule has 0 bridgehead atoms. The largest absolute Gasteiger partial charge is 0.461 e. The monoisotopic (exact) mass is 353 g/mol. The summed E-state index contributed by atoms with van der Waals surface area (Å²) in [7, 11) is 0. The number of H-pyrrole nitrogens is 1. The smallest absolute Gasteiger partial charge is 0.356 e. The molecule has 122 valence electrons. The van der Waals surface area contributed by atoms with Gasteiger partial charge in [0.15, 0.2) is 5.16 Å². The van der Waals surface area contributed by atoms with Crippen molar-refractivity contribution in [2.45, 2.75) is 24.3 Å². The molecule has 2 N–H and O–H groups in total. The number of nitrogens with one attached hydrogen (secondary N) is 2. The van der Waals surface area contributed by atoms with Gasteiger partial charge >= 0.3 is 5.97 Å². The molecule has 0 saturated heterocycles. The first-order valence-electron chi connectivity index (χ1n) is 6.94. The average molecular weight is 354 g/mol. The number of esters is 1. The van der Waals surface area contributed by atoms with Crippen LogP contribution in [0.1, 0.15) is 24.3 Å². The lowest BCUT2D eigenvalue weighted by atomic mass is 10.3. The number of aromatic amines is 1. The Morgan fingerprint density at radius 3 is 2.74 bits per heavy atom. The van der Waals surface area contributed by atoms with E-state index in [4.69, 9.17) is 16.3 Å². The van der Waals surface area contributed by atoms with E-state index in [0.717, 1.165) is 0 Å². The fourth-order valence-corrected chi connectivity index (χ4v) is 2.58. The second-order valence-electron chi connectivity index (χ2n) is 4.58. The Kier molecular flexibility index (Phi) is 6.06. The van der Waals surface area contributed by atoms with Crippen LogP contribution < -0.4 is 5.32 Å². The summed E-state index contributed by atoms with van der Waals surface area (Å²) in [4.78, 5) is 30.6. The van der Waals surface area contributed by atoms with E-state index in [9.17, 15) is 9.59 Å². The molecule has 0 radical (unpaired) electrons. The van der Waals surface area contributed by atoms with Crippen molar-refractivity contribution in [2.24, 2.45) is 0 Å². The Morgan fingerprint density at radius 1 is 1.39 bits per heavy atom. The first kappa shape index (κ1) is 17.4. The van der Waals surface area contributed by atoms with Crippen molar-refractivity contribution in [1.29, 1.82) is 0 Å². The van der Waals surface area contributed by atoms with Crippen molar-refractivity contribution in [1.82, 2.24) is 9.97 Å². The summed E-state index contributed by atoms with van der Waals surface area (Å²) >= 11 is 7.02. The Bertz CT molecular complexity index is 688. The molecule has 0 spiro atoms. The fraction of sp³-hybridized carbons (Fsp3) is 0.267. The number of anilines is 1. The van der Waals surface area contributed by atoms with E-state index in [-0.39, 0.29) is 11.6 Å². The average Bonchev–Trinajstić information content (AvgIpc) is 2.98. The molecule has 0 aliphatic heterocycles. The minimum Gasteiger partial charge on any atom is -0.461 e. The third-order valence-electron chi connectivity index (χ3n) is 2.82. The van der Waals surface area contributed by atoms with E-state index in [2.05, 4.69) is 15.3 Å². The van der Waals surface area contributed by atoms with Crippen LogP contribution in [0.4, 0.5) is 5.69 Å². The number of nitrogens with zero attached hydrogens (tertiary/aromatic N) is 1. The summed E-state index contributed by atoms with van der Waals surface area (Å²) in [6, 6.07) is 6.85. The topological polar surface area (TPSA) is 84.1 Å². The number of imidazole rings is 1. The van der Waals surface area contributed by atoms with Gasteiger partial charge in [-0.25, -0.2) is 9.78 Å². The second kappa shape index (κ2) is 8.03. The molecule has 2 aromatic rings. The van der Waals surface area contributed by atoms with Gasteiger partial charge in [-0.2, -0.15) is 0 Å². The van der Waals surface area contributed by atoms with Gasteiger partial charge in [-0.05, 0) is 38.1 Å². The zero-order valence-electron chi connectivity index (χ0n) is 12.6. The van der Waals surface area contributed by atoms with Crippen LogP contribution in [0.25, 0.3) is 0 Å². The van der Waals surface area contributed by atoms with Crippen molar-refractivity contribution in [3.05, 3.63) is 41.2 Å². The summed E-state index contributed by atoms with van der Waals surface area (Å²) in [6.45, 7) is 3.77. The summed E-state index contributed by atoms with van der Waals surface area (Å²) < 4.78 is 4.87. The molecular formula is C15H16ClN3O3S. The van der Waals surface area contributed by atoms with Crippen LogP contribution in [0.3, 0.4) is 0 Å². The van der Waals surface area contributed by atoms with Gasteiger partial charge in [-0.1, -0.05) is 23.4 Å². The lowest BCUT2D eigenvalue weighted by Crippen LogP contribution is -2.22. The molecule has 1 aromatic heterocycles. The van der Waals surface area contributed by atoms with Gasteiger partial charge in [-0.15, -0.1) is 0 Å². The number of aromatic nitrogens is 2. The van der Waals surface area contributed by atoms with Crippen molar-refractivity contribution >= 4 is 40.9 Å². The first-order chi connectivity index (χ1) is 11.0. The maximum atomic E-state index is 12.1. The molecule has 1 heterocycles. The number of thioether (sulfide) groups is 1. The van der Waals surface area contributed by atoms with Gasteiger partial charge in [0.1, 0.15) is 5.69 Å². The second-order valence-corrected chi connectivity index (χ2v) is 6.34. The van der Waals surface area contributed by atoms with Gasteiger partial charge in [0.25, 0.3) is 0 Å². The maximum absolute atomic E-state index is 12.1. The lowest BCUT2D eigenvalue weighted by Gasteiger charge is -2.10. The first-order valence-corrected chi connectivity index (χ1v) is 8.20. The number of carbonyl (C=O) groups excluding carboxylic acids is 2. The van der Waals surface area contributed by atoms with E-state index in [1.165, 1.54) is 18.0 Å². The van der Waals surface area contributed by atoms with Gasteiger partial charge < -0.3 is 15.0 Å². The van der Waals surface area contributed by atoms with E-state index < -0.39 is 11.2 Å². The fourth-order valence-electron chi connectivity index (χ4n) is 1.67. The maximum Gasteiger partial charge on any atom is 0.356 e. The number of hydrogen-bond donors (Lipinski definition) is 2. The molecule has 0 aliphatic carbocycles. The quantitative estimate of drug-likeness (QED) is 0.614. The van der Waals surface area contributed by atoms with Crippen molar-refractivity contribution in [3.63, 3.8) is 0 Å². The molecule has 0 saturated carbocycles. The summed E-state index contributed by atoms with van der Waals surface area (Å²) in [6.07, 6.45) is 1.39. The van der Waals surface area contributed by atoms with Gasteiger partial charge in [-0.3, -0.25) is 4.79 Å². The molecule has 1 atom stereocenters. The Labute approximate surface area is 143 Å². The van der Waals surface area contributed by atoms with E-state index in [0.29, 0.717) is 22.5 Å². The normalized spacial score (nSPS) is 11.8. The zero-order chi connectivity index (χ0) is 16.8. The van der Waals surface area contributed by atoms with Crippen LogP contribution in [0.2, 0.25) is 5.02 Å². The highest BCUT2D eigenvalue weighted by atomic mass is 35.5. The van der Waals surface area contributed by atoms with Crippen LogP contribution in [-0.2, 0) is 9.53 Å². The highest BCUT2D eigenvalue weighted by molar-refractivity contribution is 8.00. The van der Waals surface area contributed by atoms with Crippen molar-refractivity contribution in [2.75, 3.05) is 11.9 Å². The number of ether oxygens (including phenoxy) is 1. The molecule has 6 nitrogen and oxygen atoms in total. The third-order valence-corrected chi connectivity index (χ3v) is 4.07. The van der Waals surface area contributed by atoms with Crippen LogP contribution in [0.5, 0.6) is 0 Å².